The Hall–Kier alpha value is -2.08. The maximum Gasteiger partial charge on any atom is 0.408 e. The topological polar surface area (TPSA) is 76.7 Å². The Balaban J connectivity index is 2.66. The standard InChI is InChI=1S/C18H28N2O4/c1-13(23-5)11-15(20-17(22)24-18(2,3)4)16(21)19-12-14-9-7-6-8-10-14/h6-10,13,15H,11-12H2,1-5H3,(H,19,21)(H,20,22)/t13?,15-/m1/s1. The number of nitrogens with one attached hydrogen (secondary N) is 2. The van der Waals surface area contributed by atoms with Gasteiger partial charge in [-0.05, 0) is 33.3 Å². The van der Waals surface area contributed by atoms with Crippen molar-refractivity contribution in [3.8, 4) is 0 Å². The highest BCUT2D eigenvalue weighted by Gasteiger charge is 2.25. The lowest BCUT2D eigenvalue weighted by molar-refractivity contribution is -0.124. The van der Waals surface area contributed by atoms with Gasteiger partial charge in [-0.1, -0.05) is 30.3 Å². The molecule has 0 heterocycles. The molecule has 1 rings (SSSR count). The van der Waals surface area contributed by atoms with Crippen LogP contribution < -0.4 is 10.6 Å². The van der Waals surface area contributed by atoms with E-state index in [1.54, 1.807) is 27.9 Å². The summed E-state index contributed by atoms with van der Waals surface area (Å²) in [6.07, 6.45) is -0.436. The van der Waals surface area contributed by atoms with Gasteiger partial charge in [0.1, 0.15) is 11.6 Å². The molecule has 0 fully saturated rings. The van der Waals surface area contributed by atoms with E-state index in [1.807, 2.05) is 37.3 Å². The number of hydrogen-bond acceptors (Lipinski definition) is 4. The lowest BCUT2D eigenvalue weighted by atomic mass is 10.1. The minimum atomic E-state index is -0.724. The van der Waals surface area contributed by atoms with Gasteiger partial charge in [0, 0.05) is 20.1 Å². The van der Waals surface area contributed by atoms with Crippen LogP contribution in [0.15, 0.2) is 30.3 Å². The van der Waals surface area contributed by atoms with Crippen LogP contribution in [0.1, 0.15) is 39.7 Å². The van der Waals surface area contributed by atoms with Gasteiger partial charge in [-0.15, -0.1) is 0 Å². The Morgan fingerprint density at radius 2 is 1.79 bits per heavy atom. The summed E-state index contributed by atoms with van der Waals surface area (Å²) in [5, 5.41) is 5.45. The van der Waals surface area contributed by atoms with Crippen molar-refractivity contribution in [2.24, 2.45) is 0 Å². The Labute approximate surface area is 143 Å². The summed E-state index contributed by atoms with van der Waals surface area (Å²) in [5.74, 6) is -0.270. The molecule has 6 heteroatoms. The SMILES string of the molecule is COC(C)C[C@@H](NC(=O)OC(C)(C)C)C(=O)NCc1ccccc1. The zero-order chi connectivity index (χ0) is 18.2. The normalized spacial score (nSPS) is 13.7. The molecule has 1 aromatic rings. The Kier molecular flexibility index (Phi) is 7.71. The van der Waals surface area contributed by atoms with Gasteiger partial charge in [-0.25, -0.2) is 4.79 Å². The number of hydrogen-bond donors (Lipinski definition) is 2. The van der Waals surface area contributed by atoms with Crippen molar-refractivity contribution in [3.63, 3.8) is 0 Å². The van der Waals surface area contributed by atoms with E-state index in [1.165, 1.54) is 0 Å². The second kappa shape index (κ2) is 9.27. The van der Waals surface area contributed by atoms with Crippen molar-refractivity contribution in [3.05, 3.63) is 35.9 Å². The molecule has 1 aromatic carbocycles. The van der Waals surface area contributed by atoms with E-state index in [0.717, 1.165) is 5.56 Å². The van der Waals surface area contributed by atoms with Crippen LogP contribution in [0.2, 0.25) is 0 Å². The van der Waals surface area contributed by atoms with Crippen LogP contribution in [0.4, 0.5) is 4.79 Å². The highest BCUT2D eigenvalue weighted by atomic mass is 16.6. The van der Waals surface area contributed by atoms with Crippen molar-refractivity contribution in [1.82, 2.24) is 10.6 Å². The summed E-state index contributed by atoms with van der Waals surface area (Å²) in [6, 6.07) is 8.86. The molecule has 2 atom stereocenters. The third-order valence-electron chi connectivity index (χ3n) is 3.29. The Morgan fingerprint density at radius 3 is 2.33 bits per heavy atom. The molecule has 0 saturated carbocycles. The van der Waals surface area contributed by atoms with E-state index in [0.29, 0.717) is 13.0 Å². The highest BCUT2D eigenvalue weighted by Crippen LogP contribution is 2.09. The fraction of sp³-hybridized carbons (Fsp3) is 0.556. The van der Waals surface area contributed by atoms with Crippen LogP contribution >= 0.6 is 0 Å². The van der Waals surface area contributed by atoms with Crippen molar-refractivity contribution >= 4 is 12.0 Å². The molecule has 0 aliphatic carbocycles. The third kappa shape index (κ3) is 7.97. The van der Waals surface area contributed by atoms with Crippen molar-refractivity contribution < 1.29 is 19.1 Å². The molecular weight excluding hydrogens is 308 g/mol. The van der Waals surface area contributed by atoms with E-state index in [2.05, 4.69) is 10.6 Å². The fourth-order valence-electron chi connectivity index (χ4n) is 2.02. The first kappa shape index (κ1) is 20.0. The van der Waals surface area contributed by atoms with Crippen LogP contribution in [-0.4, -0.2) is 36.9 Å². The molecule has 6 nitrogen and oxygen atoms in total. The molecule has 0 spiro atoms. The molecule has 2 N–H and O–H groups in total. The van der Waals surface area contributed by atoms with E-state index >= 15 is 0 Å². The lowest BCUT2D eigenvalue weighted by Crippen LogP contribution is -2.49. The summed E-state index contributed by atoms with van der Waals surface area (Å²) in [7, 11) is 1.57. The van der Waals surface area contributed by atoms with E-state index < -0.39 is 17.7 Å². The minimum absolute atomic E-state index is 0.174. The quantitative estimate of drug-likeness (QED) is 0.802. The second-order valence-electron chi connectivity index (χ2n) is 6.68. The van der Waals surface area contributed by atoms with Gasteiger partial charge >= 0.3 is 6.09 Å². The smallest absolute Gasteiger partial charge is 0.408 e. The molecule has 0 saturated heterocycles. The largest absolute Gasteiger partial charge is 0.444 e. The zero-order valence-corrected chi connectivity index (χ0v) is 15.1. The van der Waals surface area contributed by atoms with Gasteiger partial charge in [0.15, 0.2) is 0 Å². The third-order valence-corrected chi connectivity index (χ3v) is 3.29. The first-order chi connectivity index (χ1) is 11.2. The summed E-state index contributed by atoms with van der Waals surface area (Å²) in [6.45, 7) is 7.56. The molecule has 0 aliphatic rings. The van der Waals surface area contributed by atoms with Gasteiger partial charge in [-0.2, -0.15) is 0 Å². The first-order valence-corrected chi connectivity index (χ1v) is 8.05. The van der Waals surface area contributed by atoms with E-state index in [4.69, 9.17) is 9.47 Å². The minimum Gasteiger partial charge on any atom is -0.444 e. The summed E-state index contributed by atoms with van der Waals surface area (Å²) in [5.41, 5.74) is 0.365. The maximum atomic E-state index is 12.4. The van der Waals surface area contributed by atoms with Crippen LogP contribution in [0.25, 0.3) is 0 Å². The van der Waals surface area contributed by atoms with Gasteiger partial charge < -0.3 is 20.1 Å². The number of rotatable bonds is 7. The summed E-state index contributed by atoms with van der Waals surface area (Å²) in [4.78, 5) is 24.4. The Bertz CT molecular complexity index is 526. The van der Waals surface area contributed by atoms with Crippen molar-refractivity contribution in [2.75, 3.05) is 7.11 Å². The van der Waals surface area contributed by atoms with Crippen LogP contribution in [0.5, 0.6) is 0 Å². The number of carbonyl (C=O) groups is 2. The second-order valence-corrected chi connectivity index (χ2v) is 6.68. The van der Waals surface area contributed by atoms with Crippen molar-refractivity contribution in [1.29, 1.82) is 0 Å². The molecule has 0 bridgehead atoms. The monoisotopic (exact) mass is 336 g/mol. The van der Waals surface area contributed by atoms with Gasteiger partial charge in [0.25, 0.3) is 0 Å². The van der Waals surface area contributed by atoms with Gasteiger partial charge in [0.05, 0.1) is 6.10 Å². The summed E-state index contributed by atoms with van der Waals surface area (Å²) >= 11 is 0. The molecule has 24 heavy (non-hydrogen) atoms. The average Bonchev–Trinajstić information content (AvgIpc) is 2.51. The molecule has 134 valence electrons. The number of ether oxygens (including phenoxy) is 2. The number of benzene rings is 1. The van der Waals surface area contributed by atoms with Crippen molar-refractivity contribution in [2.45, 2.75) is 58.4 Å². The number of carbonyl (C=O) groups excluding carboxylic acids is 2. The van der Waals surface area contributed by atoms with Gasteiger partial charge in [0.2, 0.25) is 5.91 Å². The summed E-state index contributed by atoms with van der Waals surface area (Å²) < 4.78 is 10.4. The van der Waals surface area contributed by atoms with Gasteiger partial charge in [-0.3, -0.25) is 4.79 Å². The van der Waals surface area contributed by atoms with Crippen LogP contribution in [-0.2, 0) is 20.8 Å². The zero-order valence-electron chi connectivity index (χ0n) is 15.1. The Morgan fingerprint density at radius 1 is 1.17 bits per heavy atom. The van der Waals surface area contributed by atoms with E-state index in [-0.39, 0.29) is 12.0 Å². The lowest BCUT2D eigenvalue weighted by Gasteiger charge is -2.24. The predicted molar refractivity (Wildman–Crippen MR) is 92.5 cm³/mol. The maximum absolute atomic E-state index is 12.4. The number of amides is 2. The molecule has 2 amide bonds. The molecular formula is C18H28N2O4. The molecule has 0 aliphatic heterocycles. The van der Waals surface area contributed by atoms with Crippen LogP contribution in [0.3, 0.4) is 0 Å². The molecule has 0 radical (unpaired) electrons. The van der Waals surface area contributed by atoms with E-state index in [9.17, 15) is 9.59 Å². The number of methoxy groups -OCH3 is 1. The molecule has 0 aromatic heterocycles. The predicted octanol–water partition coefficient (Wildman–Crippen LogP) is 2.62. The average molecular weight is 336 g/mol. The first-order valence-electron chi connectivity index (χ1n) is 8.05. The number of alkyl carbamates (subject to hydrolysis) is 1. The highest BCUT2D eigenvalue weighted by molar-refractivity contribution is 5.85. The van der Waals surface area contributed by atoms with Crippen LogP contribution in [0, 0.1) is 0 Å². The molecule has 1 unspecified atom stereocenters. The fourth-order valence-corrected chi connectivity index (χ4v) is 2.02.